The van der Waals surface area contributed by atoms with Crippen LogP contribution in [0.3, 0.4) is 0 Å². The van der Waals surface area contributed by atoms with Crippen LogP contribution in [0.2, 0.25) is 0 Å². The summed E-state index contributed by atoms with van der Waals surface area (Å²) in [6.07, 6.45) is 9.15. The highest BCUT2D eigenvalue weighted by molar-refractivity contribution is 5.66. The molecule has 10 heteroatoms. The first-order valence-electron chi connectivity index (χ1n) is 12.6. The molecule has 0 saturated heterocycles. The molecule has 1 aromatic carbocycles. The first kappa shape index (κ1) is 22.8. The summed E-state index contributed by atoms with van der Waals surface area (Å²) in [6.45, 7) is 4.43. The molecule has 3 saturated carbocycles. The second kappa shape index (κ2) is 8.22. The number of aromatic nitrogens is 6. The van der Waals surface area contributed by atoms with E-state index < -0.39 is 6.17 Å². The van der Waals surface area contributed by atoms with E-state index >= 15 is 4.39 Å². The van der Waals surface area contributed by atoms with Gasteiger partial charge in [0.2, 0.25) is 0 Å². The molecule has 0 amide bonds. The zero-order valence-electron chi connectivity index (χ0n) is 20.5. The van der Waals surface area contributed by atoms with E-state index in [-0.39, 0.29) is 40.3 Å². The Bertz CT molecular complexity index is 1330. The fraction of sp³-hybridized carbons (Fsp3) is 0.538. The monoisotopic (exact) mass is 488 g/mol. The number of phenols is 1. The van der Waals surface area contributed by atoms with E-state index in [0.717, 1.165) is 44.9 Å². The molecule has 4 atom stereocenters. The first-order valence-corrected chi connectivity index (χ1v) is 12.6. The van der Waals surface area contributed by atoms with Crippen molar-refractivity contribution in [3.63, 3.8) is 0 Å². The van der Waals surface area contributed by atoms with Gasteiger partial charge in [0, 0.05) is 17.5 Å². The molecular weight excluding hydrogens is 459 g/mol. The predicted octanol–water partition coefficient (Wildman–Crippen LogP) is 4.36. The number of halogens is 1. The van der Waals surface area contributed by atoms with Crippen molar-refractivity contribution in [3.8, 4) is 28.9 Å². The molecule has 0 radical (unpaired) electrons. The summed E-state index contributed by atoms with van der Waals surface area (Å²) in [5.74, 6) is 0.886. The highest BCUT2D eigenvalue weighted by atomic mass is 19.1. The largest absolute Gasteiger partial charge is 0.507 e. The molecule has 0 unspecified atom stereocenters. The number of nitriles is 1. The smallest absolute Gasteiger partial charge is 0.252 e. The lowest BCUT2D eigenvalue weighted by atomic mass is 9.54. The third-order valence-corrected chi connectivity index (χ3v) is 8.25. The van der Waals surface area contributed by atoms with Gasteiger partial charge in [-0.25, -0.2) is 19.0 Å². The van der Waals surface area contributed by atoms with Crippen LogP contribution < -0.4 is 4.90 Å². The van der Waals surface area contributed by atoms with Gasteiger partial charge < -0.3 is 10.0 Å². The number of hydrogen-bond donors (Lipinski definition) is 1. The number of alkyl halides is 1. The molecule has 3 aliphatic rings. The van der Waals surface area contributed by atoms with Crippen LogP contribution in [-0.2, 0) is 0 Å². The molecule has 1 N–H and O–H groups in total. The van der Waals surface area contributed by atoms with Gasteiger partial charge >= 0.3 is 0 Å². The van der Waals surface area contributed by atoms with Crippen molar-refractivity contribution in [1.82, 2.24) is 29.9 Å². The van der Waals surface area contributed by atoms with Gasteiger partial charge in [0.1, 0.15) is 24.3 Å². The van der Waals surface area contributed by atoms with Gasteiger partial charge in [-0.3, -0.25) is 0 Å². The summed E-state index contributed by atoms with van der Waals surface area (Å²) < 4.78 is 17.4. The molecule has 2 aromatic heterocycles. The van der Waals surface area contributed by atoms with Gasteiger partial charge in [-0.2, -0.15) is 5.26 Å². The number of anilines is 1. The third kappa shape index (κ3) is 3.87. The van der Waals surface area contributed by atoms with Crippen molar-refractivity contribution in [2.75, 3.05) is 4.90 Å². The van der Waals surface area contributed by atoms with Gasteiger partial charge in [-0.05, 0) is 56.1 Å². The Balaban J connectivity index is 1.28. The number of hydrogen-bond acceptors (Lipinski definition) is 8. The lowest BCUT2D eigenvalue weighted by Gasteiger charge is -2.56. The van der Waals surface area contributed by atoms with Gasteiger partial charge in [0.25, 0.3) is 5.82 Å². The van der Waals surface area contributed by atoms with Crippen molar-refractivity contribution < 1.29 is 9.50 Å². The summed E-state index contributed by atoms with van der Waals surface area (Å²) in [5.41, 5.74) is 0.829. The van der Waals surface area contributed by atoms with Crippen LogP contribution in [0.4, 0.5) is 10.2 Å². The maximum Gasteiger partial charge on any atom is 0.252 e. The number of aromatic hydroxyl groups is 1. The van der Waals surface area contributed by atoms with Crippen LogP contribution in [0.25, 0.3) is 17.1 Å². The molecule has 186 valence electrons. The molecule has 3 aliphatic carbocycles. The second-order valence-corrected chi connectivity index (χ2v) is 11.3. The fourth-order valence-corrected chi connectivity index (χ4v) is 6.57. The predicted molar refractivity (Wildman–Crippen MR) is 130 cm³/mol. The van der Waals surface area contributed by atoms with E-state index in [9.17, 15) is 5.11 Å². The minimum atomic E-state index is -0.914. The van der Waals surface area contributed by atoms with Crippen LogP contribution in [0.15, 0.2) is 30.7 Å². The molecule has 3 aromatic rings. The Morgan fingerprint density at radius 3 is 2.69 bits per heavy atom. The van der Waals surface area contributed by atoms with Gasteiger partial charge in [-0.1, -0.05) is 20.3 Å². The van der Waals surface area contributed by atoms with Gasteiger partial charge in [0.05, 0.1) is 23.5 Å². The zero-order valence-corrected chi connectivity index (χ0v) is 20.5. The molecule has 3 fully saturated rings. The highest BCUT2D eigenvalue weighted by Gasteiger charge is 2.56. The fourth-order valence-electron chi connectivity index (χ4n) is 6.57. The quantitative estimate of drug-likeness (QED) is 0.563. The molecule has 2 heterocycles. The Hall–Kier alpha value is -3.61. The van der Waals surface area contributed by atoms with Crippen LogP contribution in [0, 0.1) is 22.2 Å². The average molecular weight is 489 g/mol. The van der Waals surface area contributed by atoms with Crippen molar-refractivity contribution in [1.29, 1.82) is 5.26 Å². The Morgan fingerprint density at radius 1 is 1.19 bits per heavy atom. The van der Waals surface area contributed by atoms with Crippen LogP contribution in [-0.4, -0.2) is 53.3 Å². The van der Waals surface area contributed by atoms with Crippen LogP contribution in [0.1, 0.15) is 64.6 Å². The molecule has 9 nitrogen and oxygen atoms in total. The molecule has 2 bridgehead atoms. The molecule has 0 aliphatic heterocycles. The topological polar surface area (TPSA) is 117 Å². The maximum atomic E-state index is 16.0. The standard InChI is InChI=1S/C26H29FN8O/c1-25-8-3-9-26(2,14-25)23(27)19(11-25)35(16-4-5-16)22-13-29-24(32-31-22)18-7-6-17(10-20(18)36)34-15-30-21(12-28)33-34/h6-7,10,13,15-16,19,23,36H,3-5,8-9,11,14H2,1-2H3/t19-,23-,25-,26-/m0/s1. The minimum Gasteiger partial charge on any atom is -0.507 e. The van der Waals surface area contributed by atoms with Crippen molar-refractivity contribution in [3.05, 3.63) is 36.5 Å². The van der Waals surface area contributed by atoms with E-state index in [4.69, 9.17) is 5.26 Å². The summed E-state index contributed by atoms with van der Waals surface area (Å²) in [4.78, 5) is 10.5. The second-order valence-electron chi connectivity index (χ2n) is 11.3. The Labute approximate surface area is 209 Å². The SMILES string of the molecule is C[C@@]12CCC[C@@](C)(C1)[C@@H](F)[C@@H](N(c1cnc(-c3ccc(-n4cnc(C#N)n4)cc3O)nn1)C1CC1)C2. The number of rotatable bonds is 5. The number of phenolic OH excluding ortho intramolecular Hbond substituents is 1. The zero-order chi connectivity index (χ0) is 25.1. The molecule has 0 spiro atoms. The van der Waals surface area contributed by atoms with E-state index in [1.165, 1.54) is 17.1 Å². The van der Waals surface area contributed by atoms with Gasteiger partial charge in [-0.15, -0.1) is 15.3 Å². The molecular formula is C26H29FN8O. The molecule has 36 heavy (non-hydrogen) atoms. The van der Waals surface area contributed by atoms with E-state index in [0.29, 0.717) is 17.1 Å². The number of benzene rings is 1. The maximum absolute atomic E-state index is 16.0. The highest BCUT2D eigenvalue weighted by Crippen LogP contribution is 2.58. The lowest BCUT2D eigenvalue weighted by Crippen LogP contribution is -2.58. The lowest BCUT2D eigenvalue weighted by molar-refractivity contribution is -0.0554. The average Bonchev–Trinajstić information content (AvgIpc) is 3.57. The van der Waals surface area contributed by atoms with Crippen LogP contribution in [0.5, 0.6) is 5.75 Å². The summed E-state index contributed by atoms with van der Waals surface area (Å²) >= 11 is 0. The summed E-state index contributed by atoms with van der Waals surface area (Å²) in [6, 6.07) is 6.84. The first-order chi connectivity index (χ1) is 17.3. The Morgan fingerprint density at radius 2 is 2.03 bits per heavy atom. The van der Waals surface area contributed by atoms with Crippen molar-refractivity contribution >= 4 is 5.82 Å². The van der Waals surface area contributed by atoms with Crippen molar-refractivity contribution in [2.45, 2.75) is 77.0 Å². The summed E-state index contributed by atoms with van der Waals surface area (Å²) in [7, 11) is 0. The Kier molecular flexibility index (Phi) is 5.21. The van der Waals surface area contributed by atoms with E-state index in [1.807, 2.05) is 6.07 Å². The van der Waals surface area contributed by atoms with E-state index in [1.54, 1.807) is 18.3 Å². The third-order valence-electron chi connectivity index (χ3n) is 8.25. The normalized spacial score (nSPS) is 29.5. The summed E-state index contributed by atoms with van der Waals surface area (Å²) in [5, 5.41) is 32.4. The van der Waals surface area contributed by atoms with Crippen LogP contribution >= 0.6 is 0 Å². The molecule has 6 rings (SSSR count). The minimum absolute atomic E-state index is 0.0418. The number of fused-ring (bicyclic) bond motifs is 2. The van der Waals surface area contributed by atoms with Crippen molar-refractivity contribution in [2.24, 2.45) is 10.8 Å². The number of nitrogens with zero attached hydrogens (tertiary/aromatic N) is 8. The van der Waals surface area contributed by atoms with Gasteiger partial charge in [0.15, 0.2) is 11.6 Å². The van der Waals surface area contributed by atoms with E-state index in [2.05, 4.69) is 44.0 Å².